The standard InChI is InChI=1S/C30H29F5N4O8/c1-14-22(27(41)38(3)29(44)37(14)2)17-5-4-15(24-25(17)47-9-8-46-24)10-20(28(42)43)36-26(40)23-18(31)11-16(12-19(23)32)39-6-7-45-13-21(39)30(33,34)35/h4-5,11-12,20-21H,6-10,13H2,1-3H3,(H,36,40)(H,42,43)/t20-,21+/m0/s1. The summed E-state index contributed by atoms with van der Waals surface area (Å²) in [6.45, 7) is 0.504. The Hall–Kier alpha value is -4.93. The van der Waals surface area contributed by atoms with Gasteiger partial charge in [0.05, 0.1) is 18.8 Å². The van der Waals surface area contributed by atoms with Gasteiger partial charge < -0.3 is 34.1 Å². The zero-order chi connectivity index (χ0) is 34.4. The second-order valence-electron chi connectivity index (χ2n) is 11.0. The first-order valence-corrected chi connectivity index (χ1v) is 14.2. The highest BCUT2D eigenvalue weighted by atomic mass is 19.4. The second kappa shape index (κ2) is 12.7. The van der Waals surface area contributed by atoms with Crippen molar-refractivity contribution in [1.82, 2.24) is 14.5 Å². The summed E-state index contributed by atoms with van der Waals surface area (Å²) in [6.07, 6.45) is -5.22. The van der Waals surface area contributed by atoms with Crippen molar-refractivity contribution in [2.24, 2.45) is 14.1 Å². The third kappa shape index (κ3) is 6.26. The van der Waals surface area contributed by atoms with E-state index in [0.29, 0.717) is 17.8 Å². The number of carbonyl (C=O) groups excluding carboxylic acids is 1. The molecule has 47 heavy (non-hydrogen) atoms. The molecule has 2 aliphatic rings. The van der Waals surface area contributed by atoms with Gasteiger partial charge >= 0.3 is 17.8 Å². The molecule has 2 atom stereocenters. The molecule has 1 saturated heterocycles. The summed E-state index contributed by atoms with van der Waals surface area (Å²) in [5.41, 5.74) is -1.87. The summed E-state index contributed by atoms with van der Waals surface area (Å²) in [5, 5.41) is 12.0. The highest BCUT2D eigenvalue weighted by molar-refractivity contribution is 5.97. The maximum Gasteiger partial charge on any atom is 0.411 e. The number of ether oxygens (including phenoxy) is 3. The SMILES string of the molecule is Cc1c(-c2ccc(C[C@H](NC(=O)c3c(F)cc(N4CCOC[C@@H]4C(F)(F)F)cc3F)C(=O)O)c3c2OCCO3)c(=O)n(C)c(=O)n1C. The van der Waals surface area contributed by atoms with Gasteiger partial charge in [-0.15, -0.1) is 0 Å². The van der Waals surface area contributed by atoms with Gasteiger partial charge in [-0.25, -0.2) is 18.4 Å². The first-order valence-electron chi connectivity index (χ1n) is 14.2. The molecule has 1 fully saturated rings. The molecule has 0 spiro atoms. The van der Waals surface area contributed by atoms with Crippen LogP contribution in [0.25, 0.3) is 11.1 Å². The molecule has 1 amide bonds. The Balaban J connectivity index is 1.45. The fraction of sp³-hybridized carbons (Fsp3) is 0.400. The number of amides is 1. The van der Waals surface area contributed by atoms with Crippen molar-refractivity contribution in [3.05, 3.63) is 73.6 Å². The number of morpholine rings is 1. The van der Waals surface area contributed by atoms with Crippen LogP contribution in [-0.4, -0.2) is 77.3 Å². The van der Waals surface area contributed by atoms with E-state index in [9.17, 15) is 37.5 Å². The first-order chi connectivity index (χ1) is 22.1. The highest BCUT2D eigenvalue weighted by Gasteiger charge is 2.46. The van der Waals surface area contributed by atoms with E-state index < -0.39 is 77.3 Å². The molecule has 0 radical (unpaired) electrons. The first kappa shape index (κ1) is 33.4. The second-order valence-corrected chi connectivity index (χ2v) is 11.0. The molecule has 2 aromatic carbocycles. The maximum absolute atomic E-state index is 15.1. The molecule has 5 rings (SSSR count). The number of nitrogens with zero attached hydrogens (tertiary/aromatic N) is 3. The van der Waals surface area contributed by atoms with E-state index in [1.807, 2.05) is 0 Å². The predicted octanol–water partition coefficient (Wildman–Crippen LogP) is 2.30. The third-order valence-electron chi connectivity index (χ3n) is 8.12. The molecule has 2 N–H and O–H groups in total. The summed E-state index contributed by atoms with van der Waals surface area (Å²) in [6, 6.07) is 0.117. The minimum absolute atomic E-state index is 0.0545. The van der Waals surface area contributed by atoms with Gasteiger partial charge in [-0.3, -0.25) is 14.2 Å². The molecule has 12 nitrogen and oxygen atoms in total. The Morgan fingerprint density at radius 3 is 2.28 bits per heavy atom. The van der Waals surface area contributed by atoms with Crippen molar-refractivity contribution in [3.63, 3.8) is 0 Å². The lowest BCUT2D eigenvalue weighted by atomic mass is 9.97. The van der Waals surface area contributed by atoms with Crippen molar-refractivity contribution in [2.75, 3.05) is 37.9 Å². The van der Waals surface area contributed by atoms with E-state index in [4.69, 9.17) is 14.2 Å². The predicted molar refractivity (Wildman–Crippen MR) is 155 cm³/mol. The van der Waals surface area contributed by atoms with Crippen LogP contribution in [-0.2, 0) is 30.0 Å². The Morgan fingerprint density at radius 2 is 1.66 bits per heavy atom. The maximum atomic E-state index is 15.1. The minimum Gasteiger partial charge on any atom is -0.486 e. The number of carboxylic acids is 1. The Bertz CT molecular complexity index is 1850. The fourth-order valence-corrected chi connectivity index (χ4v) is 5.58. The number of hydrogen-bond donors (Lipinski definition) is 2. The van der Waals surface area contributed by atoms with Gasteiger partial charge in [0, 0.05) is 49.6 Å². The van der Waals surface area contributed by atoms with Crippen LogP contribution in [0.15, 0.2) is 33.9 Å². The van der Waals surface area contributed by atoms with E-state index in [1.165, 1.54) is 30.8 Å². The number of carboxylic acid groups (broad SMARTS) is 1. The molecule has 3 aromatic rings. The van der Waals surface area contributed by atoms with Crippen LogP contribution < -0.4 is 30.9 Å². The summed E-state index contributed by atoms with van der Waals surface area (Å²) in [4.78, 5) is 51.4. The van der Waals surface area contributed by atoms with E-state index in [2.05, 4.69) is 5.32 Å². The van der Waals surface area contributed by atoms with Crippen molar-refractivity contribution >= 4 is 17.6 Å². The van der Waals surface area contributed by atoms with Crippen LogP contribution in [0.4, 0.5) is 27.6 Å². The number of fused-ring (bicyclic) bond motifs is 1. The molecule has 0 bridgehead atoms. The molecule has 0 saturated carbocycles. The summed E-state index contributed by atoms with van der Waals surface area (Å²) < 4.78 is 89.4. The Morgan fingerprint density at radius 1 is 1.02 bits per heavy atom. The van der Waals surface area contributed by atoms with Gasteiger partial charge in [0.1, 0.15) is 42.5 Å². The quantitative estimate of drug-likeness (QED) is 0.363. The largest absolute Gasteiger partial charge is 0.486 e. The molecular formula is C30H29F5N4O8. The summed E-state index contributed by atoms with van der Waals surface area (Å²) in [7, 11) is 2.80. The van der Waals surface area contributed by atoms with Crippen molar-refractivity contribution < 1.29 is 50.9 Å². The number of carbonyl (C=O) groups is 2. The van der Waals surface area contributed by atoms with Crippen LogP contribution in [0.1, 0.15) is 21.6 Å². The Labute approximate surface area is 262 Å². The molecular weight excluding hydrogens is 639 g/mol. The van der Waals surface area contributed by atoms with Gasteiger partial charge in [-0.2, -0.15) is 13.2 Å². The van der Waals surface area contributed by atoms with E-state index in [1.54, 1.807) is 6.92 Å². The van der Waals surface area contributed by atoms with Gasteiger partial charge in [0.25, 0.3) is 11.5 Å². The normalized spacial score (nSPS) is 16.9. The molecule has 2 aliphatic heterocycles. The molecule has 3 heterocycles. The zero-order valence-corrected chi connectivity index (χ0v) is 25.2. The average molecular weight is 669 g/mol. The topological polar surface area (TPSA) is 141 Å². The number of anilines is 1. The van der Waals surface area contributed by atoms with Crippen LogP contribution in [0.3, 0.4) is 0 Å². The zero-order valence-electron chi connectivity index (χ0n) is 25.2. The van der Waals surface area contributed by atoms with Crippen LogP contribution >= 0.6 is 0 Å². The smallest absolute Gasteiger partial charge is 0.411 e. The van der Waals surface area contributed by atoms with Gasteiger partial charge in [-0.05, 0) is 25.1 Å². The third-order valence-corrected chi connectivity index (χ3v) is 8.12. The fourth-order valence-electron chi connectivity index (χ4n) is 5.58. The number of rotatable bonds is 7. The number of benzene rings is 2. The molecule has 17 heteroatoms. The number of aliphatic carboxylic acids is 1. The lowest BCUT2D eigenvalue weighted by Crippen LogP contribution is -2.53. The minimum atomic E-state index is -4.77. The molecule has 252 valence electrons. The lowest BCUT2D eigenvalue weighted by molar-refractivity contribution is -0.167. The van der Waals surface area contributed by atoms with Crippen LogP contribution in [0.2, 0.25) is 0 Å². The number of nitrogens with one attached hydrogen (secondary N) is 1. The summed E-state index contributed by atoms with van der Waals surface area (Å²) in [5.74, 6) is -5.87. The molecule has 1 aromatic heterocycles. The monoisotopic (exact) mass is 668 g/mol. The molecule has 0 aliphatic carbocycles. The number of hydrogen-bond acceptors (Lipinski definition) is 8. The lowest BCUT2D eigenvalue weighted by Gasteiger charge is -2.38. The van der Waals surface area contributed by atoms with Crippen molar-refractivity contribution in [1.29, 1.82) is 0 Å². The Kier molecular flexibility index (Phi) is 9.03. The van der Waals surface area contributed by atoms with Crippen molar-refractivity contribution in [2.45, 2.75) is 31.6 Å². The van der Waals surface area contributed by atoms with Gasteiger partial charge in [0.15, 0.2) is 11.5 Å². The van der Waals surface area contributed by atoms with Crippen LogP contribution in [0.5, 0.6) is 11.5 Å². The number of aromatic nitrogens is 2. The average Bonchev–Trinajstić information content (AvgIpc) is 3.02. The van der Waals surface area contributed by atoms with E-state index in [-0.39, 0.29) is 54.6 Å². The van der Waals surface area contributed by atoms with Gasteiger partial charge in [0.2, 0.25) is 0 Å². The highest BCUT2D eigenvalue weighted by Crippen LogP contribution is 2.43. The van der Waals surface area contributed by atoms with Crippen LogP contribution in [0, 0.1) is 18.6 Å². The summed E-state index contributed by atoms with van der Waals surface area (Å²) >= 11 is 0. The van der Waals surface area contributed by atoms with Crippen molar-refractivity contribution in [3.8, 4) is 22.6 Å². The van der Waals surface area contributed by atoms with Gasteiger partial charge in [-0.1, -0.05) is 6.07 Å². The number of halogens is 5. The van der Waals surface area contributed by atoms with E-state index >= 15 is 8.78 Å². The number of alkyl halides is 3. The molecule has 0 unspecified atom stereocenters. The van der Waals surface area contributed by atoms with E-state index in [0.717, 1.165) is 9.47 Å².